The Bertz CT molecular complexity index is 153. The van der Waals surface area contributed by atoms with Crippen LogP contribution in [-0.4, -0.2) is 13.0 Å². The Kier molecular flexibility index (Phi) is 2.09. The Balaban J connectivity index is 3.87. The van der Waals surface area contributed by atoms with Gasteiger partial charge in [-0.05, 0) is 6.42 Å². The molecular formula is C7H14O2. The summed E-state index contributed by atoms with van der Waals surface area (Å²) in [4.78, 5) is 11.0. The highest BCUT2D eigenvalue weighted by molar-refractivity contribution is 5.71. The molecule has 2 nitrogen and oxygen atoms in total. The Labute approximate surface area is 60.4 Å². The summed E-state index contributed by atoms with van der Waals surface area (Å²) in [6.07, 6.45) is 1.51. The van der Waals surface area contributed by atoms with Gasteiger partial charge >= 0.3 is 5.97 Å². The number of hydrogen-bond acceptors (Lipinski definition) is 2. The van der Waals surface area contributed by atoms with E-state index in [9.17, 15) is 4.79 Å². The molecule has 9 heavy (non-hydrogen) atoms. The van der Waals surface area contributed by atoms with E-state index in [1.54, 1.807) is 6.92 Å². The van der Waals surface area contributed by atoms with E-state index in [0.29, 0.717) is 6.42 Å². The summed E-state index contributed by atoms with van der Waals surface area (Å²) in [5.41, 5.74) is 0. The molecule has 0 N–H and O–H groups in total. The Morgan fingerprint density at radius 3 is 3.00 bits per heavy atom. The highest BCUT2D eigenvalue weighted by Gasteiger charge is 2.10. The first-order valence-corrected chi connectivity index (χ1v) is 3.09. The van der Waals surface area contributed by atoms with Crippen LogP contribution in [-0.2, 0) is 9.53 Å². The first-order chi connectivity index (χ1) is 5.37. The number of carbonyl (C=O) groups is 1. The van der Waals surface area contributed by atoms with E-state index < -0.39 is 13.0 Å². The van der Waals surface area contributed by atoms with Gasteiger partial charge in [0, 0.05) is 0 Å². The lowest BCUT2D eigenvalue weighted by Crippen LogP contribution is -2.11. The molecule has 54 valence electrons. The lowest BCUT2D eigenvalue weighted by atomic mass is 10.1. The predicted octanol–water partition coefficient (Wildman–Crippen LogP) is 1.60. The molecule has 0 aliphatic rings. The van der Waals surface area contributed by atoms with E-state index in [-0.39, 0.29) is 5.92 Å². The molecule has 0 aromatic heterocycles. The molecule has 0 amide bonds. The van der Waals surface area contributed by atoms with Crippen LogP contribution in [0.1, 0.15) is 30.8 Å². The van der Waals surface area contributed by atoms with Crippen LogP contribution in [0.5, 0.6) is 0 Å². The Hall–Kier alpha value is -0.530. The van der Waals surface area contributed by atoms with Gasteiger partial charge in [-0.2, -0.15) is 0 Å². The molecule has 0 fully saturated rings. The quantitative estimate of drug-likeness (QED) is 0.546. The number of methoxy groups -OCH3 is 1. The third kappa shape index (κ3) is 3.12. The van der Waals surface area contributed by atoms with Gasteiger partial charge in [-0.3, -0.25) is 4.79 Å². The van der Waals surface area contributed by atoms with Gasteiger partial charge in [0.25, 0.3) is 0 Å². The van der Waals surface area contributed by atoms with Gasteiger partial charge < -0.3 is 4.74 Å². The zero-order chi connectivity index (χ0) is 9.78. The third-order valence-electron chi connectivity index (χ3n) is 1.22. The maximum atomic E-state index is 11.0. The normalized spacial score (nSPS) is 19.1. The summed E-state index contributed by atoms with van der Waals surface area (Å²) in [6.45, 7) is 3.59. The molecule has 0 aromatic carbocycles. The van der Waals surface area contributed by atoms with Crippen molar-refractivity contribution in [2.75, 3.05) is 7.04 Å². The maximum absolute atomic E-state index is 11.0. The second-order valence-corrected chi connectivity index (χ2v) is 2.11. The fraction of sp³-hybridized carbons (Fsp3) is 0.857. The molecule has 0 bridgehead atoms. The second-order valence-electron chi connectivity index (χ2n) is 2.11. The van der Waals surface area contributed by atoms with Gasteiger partial charge in [0.05, 0.1) is 17.1 Å². The van der Waals surface area contributed by atoms with Gasteiger partial charge in [-0.25, -0.2) is 0 Å². The minimum atomic E-state index is -2.60. The molecule has 0 unspecified atom stereocenters. The average Bonchev–Trinajstić information content (AvgIpc) is 1.84. The van der Waals surface area contributed by atoms with Crippen LogP contribution in [0.15, 0.2) is 0 Å². The van der Waals surface area contributed by atoms with E-state index >= 15 is 0 Å². The third-order valence-corrected chi connectivity index (χ3v) is 1.22. The largest absolute Gasteiger partial charge is 0.469 e. The first-order valence-electron chi connectivity index (χ1n) is 4.59. The topological polar surface area (TPSA) is 26.3 Å². The fourth-order valence-electron chi connectivity index (χ4n) is 0.651. The molecule has 0 saturated carbocycles. The van der Waals surface area contributed by atoms with Gasteiger partial charge in [-0.15, -0.1) is 0 Å². The lowest BCUT2D eigenvalue weighted by molar-refractivity contribution is -0.145. The fourth-order valence-corrected chi connectivity index (χ4v) is 0.651. The minimum Gasteiger partial charge on any atom is -0.469 e. The van der Waals surface area contributed by atoms with Crippen LogP contribution in [0.25, 0.3) is 0 Å². The molecule has 0 rings (SSSR count). The summed E-state index contributed by atoms with van der Waals surface area (Å²) in [7, 11) is -2.60. The standard InChI is InChI=1S/C7H14O2/c1-4-5-6(2)7(8)9-3/h6H,4-5H2,1-3H3/t6-/m0/s1/i3D3. The summed E-state index contributed by atoms with van der Waals surface area (Å²) < 4.78 is 24.2. The van der Waals surface area contributed by atoms with Crippen LogP contribution in [0.4, 0.5) is 0 Å². The summed E-state index contributed by atoms with van der Waals surface area (Å²) >= 11 is 0. The maximum Gasteiger partial charge on any atom is 0.308 e. The molecule has 2 heteroatoms. The zero-order valence-electron chi connectivity index (χ0n) is 8.81. The lowest BCUT2D eigenvalue weighted by Gasteiger charge is -2.05. The van der Waals surface area contributed by atoms with E-state index in [1.165, 1.54) is 0 Å². The molecule has 0 aliphatic carbocycles. The van der Waals surface area contributed by atoms with Crippen molar-refractivity contribution in [3.8, 4) is 0 Å². The molecule has 0 aliphatic heterocycles. The van der Waals surface area contributed by atoms with Crippen molar-refractivity contribution in [3.63, 3.8) is 0 Å². The SMILES string of the molecule is [2H]C([2H])([2H])OC(=O)[C@@H](C)CCC. The van der Waals surface area contributed by atoms with Crippen LogP contribution < -0.4 is 0 Å². The number of carbonyl (C=O) groups excluding carboxylic acids is 1. The Morgan fingerprint density at radius 1 is 1.89 bits per heavy atom. The van der Waals surface area contributed by atoms with Crippen molar-refractivity contribution in [1.29, 1.82) is 0 Å². The minimum absolute atomic E-state index is 0.324. The van der Waals surface area contributed by atoms with E-state index in [1.807, 2.05) is 6.92 Å². The molecule has 0 aromatic rings. The smallest absolute Gasteiger partial charge is 0.308 e. The summed E-state index contributed by atoms with van der Waals surface area (Å²) in [6, 6.07) is 0. The van der Waals surface area contributed by atoms with Crippen molar-refractivity contribution >= 4 is 5.97 Å². The monoisotopic (exact) mass is 133 g/mol. The van der Waals surface area contributed by atoms with Crippen molar-refractivity contribution in [2.24, 2.45) is 5.92 Å². The van der Waals surface area contributed by atoms with Crippen molar-refractivity contribution < 1.29 is 13.6 Å². The average molecular weight is 133 g/mol. The predicted molar refractivity (Wildman–Crippen MR) is 36.1 cm³/mol. The van der Waals surface area contributed by atoms with E-state index in [0.717, 1.165) is 6.42 Å². The molecule has 0 heterocycles. The van der Waals surface area contributed by atoms with Crippen LogP contribution in [0, 0.1) is 5.92 Å². The number of ether oxygens (including phenoxy) is 1. The molecule has 1 atom stereocenters. The van der Waals surface area contributed by atoms with E-state index in [2.05, 4.69) is 4.74 Å². The molecule has 0 spiro atoms. The van der Waals surface area contributed by atoms with Gasteiger partial charge in [0.2, 0.25) is 0 Å². The highest BCUT2D eigenvalue weighted by Crippen LogP contribution is 2.05. The molecule has 0 saturated heterocycles. The highest BCUT2D eigenvalue weighted by atomic mass is 16.5. The summed E-state index contributed by atoms with van der Waals surface area (Å²) in [5.74, 6) is -0.965. The van der Waals surface area contributed by atoms with Crippen molar-refractivity contribution in [2.45, 2.75) is 26.7 Å². The van der Waals surface area contributed by atoms with Crippen LogP contribution in [0.2, 0.25) is 0 Å². The number of hydrogen-bond donors (Lipinski definition) is 0. The number of esters is 1. The Morgan fingerprint density at radius 2 is 2.56 bits per heavy atom. The van der Waals surface area contributed by atoms with Crippen molar-refractivity contribution in [1.82, 2.24) is 0 Å². The number of rotatable bonds is 3. The van der Waals surface area contributed by atoms with Gasteiger partial charge in [0.15, 0.2) is 0 Å². The zero-order valence-corrected chi connectivity index (χ0v) is 5.81. The second kappa shape index (κ2) is 4.36. The molecular weight excluding hydrogens is 116 g/mol. The van der Waals surface area contributed by atoms with Gasteiger partial charge in [-0.1, -0.05) is 20.3 Å². The van der Waals surface area contributed by atoms with Gasteiger partial charge in [0.1, 0.15) is 0 Å². The van der Waals surface area contributed by atoms with Crippen molar-refractivity contribution in [3.05, 3.63) is 0 Å². The summed E-state index contributed by atoms with van der Waals surface area (Å²) in [5, 5.41) is 0. The first kappa shape index (κ1) is 4.31. The van der Waals surface area contributed by atoms with Crippen LogP contribution in [0.3, 0.4) is 0 Å². The van der Waals surface area contributed by atoms with E-state index in [4.69, 9.17) is 4.11 Å². The molecule has 0 radical (unpaired) electrons. The van der Waals surface area contributed by atoms with Crippen LogP contribution >= 0.6 is 0 Å².